The van der Waals surface area contributed by atoms with E-state index in [1.807, 2.05) is 6.07 Å². The van der Waals surface area contributed by atoms with E-state index in [2.05, 4.69) is 22.2 Å². The van der Waals surface area contributed by atoms with Crippen LogP contribution in [-0.4, -0.2) is 42.0 Å². The maximum Gasteiger partial charge on any atom is 0.251 e. The van der Waals surface area contributed by atoms with Crippen LogP contribution in [0.3, 0.4) is 0 Å². The third-order valence-electron chi connectivity index (χ3n) is 3.19. The van der Waals surface area contributed by atoms with Crippen molar-refractivity contribution in [2.75, 3.05) is 20.1 Å². The van der Waals surface area contributed by atoms with Gasteiger partial charge in [-0.3, -0.25) is 4.79 Å². The van der Waals surface area contributed by atoms with Gasteiger partial charge >= 0.3 is 0 Å². The molecule has 1 saturated heterocycles. The van der Waals surface area contributed by atoms with Gasteiger partial charge in [-0.2, -0.15) is 5.26 Å². The molecule has 0 radical (unpaired) electrons. The SMILES string of the molecule is CN1CCC(NC(=O)c2ccnc(C#N)c2)CC1. The summed E-state index contributed by atoms with van der Waals surface area (Å²) in [6, 6.07) is 5.31. The first kappa shape index (κ1) is 12.5. The van der Waals surface area contributed by atoms with Gasteiger partial charge in [0.1, 0.15) is 11.8 Å². The zero-order chi connectivity index (χ0) is 13.0. The molecule has 0 unspecified atom stereocenters. The van der Waals surface area contributed by atoms with E-state index in [9.17, 15) is 4.79 Å². The Balaban J connectivity index is 1.97. The highest BCUT2D eigenvalue weighted by molar-refractivity contribution is 5.94. The van der Waals surface area contributed by atoms with E-state index in [0.29, 0.717) is 5.56 Å². The van der Waals surface area contributed by atoms with E-state index < -0.39 is 0 Å². The van der Waals surface area contributed by atoms with Gasteiger partial charge in [0.25, 0.3) is 5.91 Å². The van der Waals surface area contributed by atoms with Crippen molar-refractivity contribution in [1.82, 2.24) is 15.2 Å². The van der Waals surface area contributed by atoms with E-state index >= 15 is 0 Å². The lowest BCUT2D eigenvalue weighted by atomic mass is 10.0. The number of piperidine rings is 1. The number of carbonyl (C=O) groups is 1. The van der Waals surface area contributed by atoms with Gasteiger partial charge in [0.05, 0.1) is 0 Å². The average molecular weight is 244 g/mol. The summed E-state index contributed by atoms with van der Waals surface area (Å²) in [5.74, 6) is -0.122. The van der Waals surface area contributed by atoms with Crippen molar-refractivity contribution in [3.8, 4) is 6.07 Å². The number of nitrogens with zero attached hydrogens (tertiary/aromatic N) is 3. The second kappa shape index (κ2) is 5.61. The zero-order valence-corrected chi connectivity index (χ0v) is 10.4. The third kappa shape index (κ3) is 3.05. The Kier molecular flexibility index (Phi) is 3.90. The molecule has 94 valence electrons. The molecule has 0 bridgehead atoms. The van der Waals surface area contributed by atoms with E-state index in [4.69, 9.17) is 5.26 Å². The van der Waals surface area contributed by atoms with Crippen LogP contribution >= 0.6 is 0 Å². The fourth-order valence-electron chi connectivity index (χ4n) is 2.05. The summed E-state index contributed by atoms with van der Waals surface area (Å²) >= 11 is 0. The fraction of sp³-hybridized carbons (Fsp3) is 0.462. The Bertz CT molecular complexity index is 472. The molecule has 0 aromatic carbocycles. The topological polar surface area (TPSA) is 69.0 Å². The summed E-state index contributed by atoms with van der Waals surface area (Å²) < 4.78 is 0. The molecule has 1 aromatic heterocycles. The lowest BCUT2D eigenvalue weighted by Crippen LogP contribution is -2.43. The molecule has 1 amide bonds. The highest BCUT2D eigenvalue weighted by Crippen LogP contribution is 2.09. The van der Waals surface area contributed by atoms with E-state index in [0.717, 1.165) is 25.9 Å². The van der Waals surface area contributed by atoms with Crippen molar-refractivity contribution >= 4 is 5.91 Å². The fourth-order valence-corrected chi connectivity index (χ4v) is 2.05. The smallest absolute Gasteiger partial charge is 0.251 e. The molecule has 0 aliphatic carbocycles. The number of nitriles is 1. The second-order valence-corrected chi connectivity index (χ2v) is 4.59. The van der Waals surface area contributed by atoms with Crippen molar-refractivity contribution in [3.63, 3.8) is 0 Å². The molecule has 0 spiro atoms. The molecule has 1 aliphatic heterocycles. The van der Waals surface area contributed by atoms with E-state index in [1.165, 1.54) is 12.3 Å². The number of amides is 1. The molecule has 2 heterocycles. The normalized spacial score (nSPS) is 17.1. The molecule has 1 N–H and O–H groups in total. The minimum Gasteiger partial charge on any atom is -0.349 e. The van der Waals surface area contributed by atoms with Crippen LogP contribution in [0.25, 0.3) is 0 Å². The molecule has 1 aliphatic rings. The summed E-state index contributed by atoms with van der Waals surface area (Å²) in [4.78, 5) is 18.1. The number of hydrogen-bond acceptors (Lipinski definition) is 4. The molecular formula is C13H16N4O. The minimum absolute atomic E-state index is 0.122. The Morgan fingerprint density at radius 2 is 2.28 bits per heavy atom. The van der Waals surface area contributed by atoms with E-state index in [-0.39, 0.29) is 17.6 Å². The first-order valence-corrected chi connectivity index (χ1v) is 6.04. The Hall–Kier alpha value is -1.93. The van der Waals surface area contributed by atoms with Gasteiger partial charge < -0.3 is 10.2 Å². The van der Waals surface area contributed by atoms with Crippen molar-refractivity contribution in [3.05, 3.63) is 29.6 Å². The third-order valence-corrected chi connectivity index (χ3v) is 3.19. The van der Waals surface area contributed by atoms with Gasteiger partial charge in [-0.05, 0) is 45.1 Å². The van der Waals surface area contributed by atoms with E-state index in [1.54, 1.807) is 6.07 Å². The largest absolute Gasteiger partial charge is 0.349 e. The molecule has 5 nitrogen and oxygen atoms in total. The summed E-state index contributed by atoms with van der Waals surface area (Å²) in [6.45, 7) is 2.01. The maximum absolute atomic E-state index is 12.0. The van der Waals surface area contributed by atoms with Gasteiger partial charge in [-0.25, -0.2) is 4.98 Å². The maximum atomic E-state index is 12.0. The molecular weight excluding hydrogens is 228 g/mol. The number of nitrogens with one attached hydrogen (secondary N) is 1. The van der Waals surface area contributed by atoms with Crippen LogP contribution in [0.15, 0.2) is 18.3 Å². The predicted molar refractivity (Wildman–Crippen MR) is 66.9 cm³/mol. The first-order chi connectivity index (χ1) is 8.69. The first-order valence-electron chi connectivity index (χ1n) is 6.04. The van der Waals surface area contributed by atoms with Crippen LogP contribution in [-0.2, 0) is 0 Å². The minimum atomic E-state index is -0.122. The van der Waals surface area contributed by atoms with Crippen LogP contribution in [0, 0.1) is 11.3 Å². The molecule has 0 atom stereocenters. The number of likely N-dealkylation sites (tertiary alicyclic amines) is 1. The quantitative estimate of drug-likeness (QED) is 0.834. The highest BCUT2D eigenvalue weighted by Gasteiger charge is 2.19. The second-order valence-electron chi connectivity index (χ2n) is 4.59. The molecule has 0 saturated carbocycles. The Morgan fingerprint density at radius 1 is 1.56 bits per heavy atom. The average Bonchev–Trinajstić information content (AvgIpc) is 2.41. The van der Waals surface area contributed by atoms with Crippen LogP contribution < -0.4 is 5.32 Å². The number of pyridine rings is 1. The van der Waals surface area contributed by atoms with Crippen LogP contribution in [0.1, 0.15) is 28.9 Å². The Labute approximate surface area is 106 Å². The molecule has 1 aromatic rings. The molecule has 5 heteroatoms. The van der Waals surface area contributed by atoms with Crippen LogP contribution in [0.2, 0.25) is 0 Å². The number of rotatable bonds is 2. The van der Waals surface area contributed by atoms with Gasteiger partial charge in [0, 0.05) is 17.8 Å². The highest BCUT2D eigenvalue weighted by atomic mass is 16.1. The summed E-state index contributed by atoms with van der Waals surface area (Å²) in [6.07, 6.45) is 3.43. The van der Waals surface area contributed by atoms with Crippen molar-refractivity contribution in [2.24, 2.45) is 0 Å². The zero-order valence-electron chi connectivity index (χ0n) is 10.4. The molecule has 1 fully saturated rings. The van der Waals surface area contributed by atoms with Crippen LogP contribution in [0.4, 0.5) is 0 Å². The number of hydrogen-bond donors (Lipinski definition) is 1. The summed E-state index contributed by atoms with van der Waals surface area (Å²) in [5.41, 5.74) is 0.770. The summed E-state index contributed by atoms with van der Waals surface area (Å²) in [5, 5.41) is 11.7. The lowest BCUT2D eigenvalue weighted by molar-refractivity contribution is 0.0916. The molecule has 18 heavy (non-hydrogen) atoms. The molecule has 2 rings (SSSR count). The van der Waals surface area contributed by atoms with Crippen molar-refractivity contribution in [1.29, 1.82) is 5.26 Å². The summed E-state index contributed by atoms with van der Waals surface area (Å²) in [7, 11) is 2.08. The van der Waals surface area contributed by atoms with Crippen LogP contribution in [0.5, 0.6) is 0 Å². The Morgan fingerprint density at radius 3 is 2.94 bits per heavy atom. The monoisotopic (exact) mass is 244 g/mol. The lowest BCUT2D eigenvalue weighted by Gasteiger charge is -2.29. The standard InChI is InChI=1S/C13H16N4O/c1-17-6-3-11(4-7-17)16-13(18)10-2-5-15-12(8-10)9-14/h2,5,8,11H,3-4,6-7H2,1H3,(H,16,18). The predicted octanol–water partition coefficient (Wildman–Crippen LogP) is 0.777. The van der Waals surface area contributed by atoms with Crippen molar-refractivity contribution in [2.45, 2.75) is 18.9 Å². The van der Waals surface area contributed by atoms with Gasteiger partial charge in [0.15, 0.2) is 0 Å². The number of aromatic nitrogens is 1. The van der Waals surface area contributed by atoms with Gasteiger partial charge in [-0.1, -0.05) is 0 Å². The van der Waals surface area contributed by atoms with Gasteiger partial charge in [0.2, 0.25) is 0 Å². The number of carbonyl (C=O) groups excluding carboxylic acids is 1. The van der Waals surface area contributed by atoms with Crippen molar-refractivity contribution < 1.29 is 4.79 Å². The van der Waals surface area contributed by atoms with Gasteiger partial charge in [-0.15, -0.1) is 0 Å².